The molecule has 0 radical (unpaired) electrons. The van der Waals surface area contributed by atoms with E-state index < -0.39 is 0 Å². The molecule has 0 heterocycles. The van der Waals surface area contributed by atoms with Gasteiger partial charge in [-0.15, -0.1) is 0 Å². The summed E-state index contributed by atoms with van der Waals surface area (Å²) in [6.45, 7) is 6.89. The van der Waals surface area contributed by atoms with Crippen molar-refractivity contribution < 1.29 is 9.59 Å². The van der Waals surface area contributed by atoms with E-state index in [4.69, 9.17) is 11.5 Å². The van der Waals surface area contributed by atoms with E-state index in [-0.39, 0.29) is 30.2 Å². The summed E-state index contributed by atoms with van der Waals surface area (Å²) in [6, 6.07) is -0.280. The summed E-state index contributed by atoms with van der Waals surface area (Å²) in [5.74, 6) is 0.387. The Balaban J connectivity index is 4.50. The van der Waals surface area contributed by atoms with E-state index in [0.29, 0.717) is 25.4 Å². The molecule has 0 aromatic heterocycles. The molecule has 5 N–H and O–H groups in total. The second-order valence-electron chi connectivity index (χ2n) is 5.96. The fourth-order valence-corrected chi connectivity index (χ4v) is 2.22. The minimum Gasteiger partial charge on any atom is -0.370 e. The quantitative estimate of drug-likeness (QED) is 0.284. The molecule has 1 atom stereocenters. The maximum atomic E-state index is 12.6. The summed E-state index contributed by atoms with van der Waals surface area (Å²) in [4.78, 5) is 29.5. The van der Waals surface area contributed by atoms with Gasteiger partial charge < -0.3 is 21.7 Å². The van der Waals surface area contributed by atoms with Crippen LogP contribution in [0.5, 0.6) is 0 Å². The Bertz CT molecular complexity index is 378. The highest BCUT2D eigenvalue weighted by Gasteiger charge is 2.24. The van der Waals surface area contributed by atoms with Crippen molar-refractivity contribution in [1.29, 1.82) is 0 Å². The van der Waals surface area contributed by atoms with Crippen molar-refractivity contribution >= 4 is 17.6 Å². The molecule has 0 aliphatic rings. The van der Waals surface area contributed by atoms with Gasteiger partial charge in [0.15, 0.2) is 5.96 Å². The highest BCUT2D eigenvalue weighted by atomic mass is 16.2. The maximum Gasteiger partial charge on any atom is 0.240 e. The summed E-state index contributed by atoms with van der Waals surface area (Å²) in [6.07, 6.45) is 2.35. The first kappa shape index (κ1) is 20.4. The Morgan fingerprint density at radius 3 is 2.32 bits per heavy atom. The lowest BCUT2D eigenvalue weighted by molar-refractivity contribution is -0.137. The number of nitrogens with two attached hydrogens (primary N) is 2. The van der Waals surface area contributed by atoms with E-state index >= 15 is 0 Å². The minimum absolute atomic E-state index is 0.00314. The lowest BCUT2D eigenvalue weighted by Crippen LogP contribution is -2.48. The van der Waals surface area contributed by atoms with Crippen molar-refractivity contribution in [3.8, 4) is 0 Å². The number of hydrogen-bond acceptors (Lipinski definition) is 4. The van der Waals surface area contributed by atoms with Crippen molar-refractivity contribution in [2.24, 2.45) is 22.4 Å². The highest BCUT2D eigenvalue weighted by molar-refractivity contribution is 5.87. The average molecular weight is 313 g/mol. The van der Waals surface area contributed by atoms with E-state index in [2.05, 4.69) is 10.3 Å². The zero-order valence-electron chi connectivity index (χ0n) is 14.3. The summed E-state index contributed by atoms with van der Waals surface area (Å²) < 4.78 is 0. The van der Waals surface area contributed by atoms with E-state index in [1.165, 1.54) is 6.92 Å². The van der Waals surface area contributed by atoms with E-state index in [0.717, 1.165) is 12.8 Å². The first-order chi connectivity index (χ1) is 10.3. The van der Waals surface area contributed by atoms with Gasteiger partial charge in [-0.2, -0.15) is 0 Å². The molecular formula is C15H31N5O2. The number of nitrogens with one attached hydrogen (secondary N) is 1. The first-order valence-electron chi connectivity index (χ1n) is 7.78. The number of nitrogens with zero attached hydrogens (tertiary/aromatic N) is 2. The Kier molecular flexibility index (Phi) is 10.2. The summed E-state index contributed by atoms with van der Waals surface area (Å²) in [7, 11) is 1.76. The predicted molar refractivity (Wildman–Crippen MR) is 89.5 cm³/mol. The average Bonchev–Trinajstić information content (AvgIpc) is 2.40. The van der Waals surface area contributed by atoms with Gasteiger partial charge in [0.2, 0.25) is 5.91 Å². The number of amides is 1. The van der Waals surface area contributed by atoms with Crippen LogP contribution in [-0.2, 0) is 9.59 Å². The third-order valence-electron chi connectivity index (χ3n) is 3.15. The molecule has 0 aliphatic heterocycles. The fraction of sp³-hybridized carbons (Fsp3) is 0.800. The number of rotatable bonds is 11. The Morgan fingerprint density at radius 1 is 1.23 bits per heavy atom. The van der Waals surface area contributed by atoms with Crippen LogP contribution >= 0.6 is 0 Å². The van der Waals surface area contributed by atoms with Gasteiger partial charge in [-0.25, -0.2) is 0 Å². The van der Waals surface area contributed by atoms with Crippen molar-refractivity contribution in [1.82, 2.24) is 10.2 Å². The number of guanidine groups is 1. The number of aliphatic imine (C=N–C) groups is 1. The van der Waals surface area contributed by atoms with Gasteiger partial charge >= 0.3 is 0 Å². The van der Waals surface area contributed by atoms with Crippen LogP contribution < -0.4 is 16.8 Å². The second kappa shape index (κ2) is 11.0. The van der Waals surface area contributed by atoms with Crippen LogP contribution in [0.25, 0.3) is 0 Å². The molecule has 0 aromatic rings. The van der Waals surface area contributed by atoms with Crippen LogP contribution in [0, 0.1) is 5.92 Å². The van der Waals surface area contributed by atoms with Crippen molar-refractivity contribution in [2.75, 3.05) is 26.7 Å². The molecular weight excluding hydrogens is 282 g/mol. The molecule has 0 saturated carbocycles. The lowest BCUT2D eigenvalue weighted by atomic mass is 10.1. The number of hydrogen-bond donors (Lipinski definition) is 3. The number of carbonyl (C=O) groups is 2. The number of likely N-dealkylation sites (N-methyl/N-ethyl adjacent to an activating group) is 1. The SMILES string of the molecule is CN[C@@H](CCCCN=C(N)N)C(=O)N(CC(C)=O)CC(C)C. The third kappa shape index (κ3) is 9.33. The monoisotopic (exact) mass is 313 g/mol. The fourth-order valence-electron chi connectivity index (χ4n) is 2.22. The molecule has 128 valence electrons. The van der Waals surface area contributed by atoms with Crippen LogP contribution in [-0.4, -0.2) is 55.3 Å². The van der Waals surface area contributed by atoms with E-state index in [1.807, 2.05) is 13.8 Å². The Hall–Kier alpha value is -1.63. The molecule has 7 heteroatoms. The summed E-state index contributed by atoms with van der Waals surface area (Å²) in [5, 5.41) is 3.04. The first-order valence-corrected chi connectivity index (χ1v) is 7.78. The topological polar surface area (TPSA) is 114 Å². The molecule has 0 spiro atoms. The number of carbonyl (C=O) groups excluding carboxylic acids is 2. The Morgan fingerprint density at radius 2 is 1.86 bits per heavy atom. The minimum atomic E-state index is -0.280. The van der Waals surface area contributed by atoms with Gasteiger partial charge in [0.25, 0.3) is 0 Å². The molecule has 22 heavy (non-hydrogen) atoms. The maximum absolute atomic E-state index is 12.6. The number of unbranched alkanes of at least 4 members (excludes halogenated alkanes) is 1. The van der Waals surface area contributed by atoms with E-state index in [9.17, 15) is 9.59 Å². The van der Waals surface area contributed by atoms with Crippen molar-refractivity contribution in [2.45, 2.75) is 46.1 Å². The molecule has 1 amide bonds. The van der Waals surface area contributed by atoms with Gasteiger partial charge in [-0.3, -0.25) is 14.6 Å². The van der Waals surface area contributed by atoms with Crippen LogP contribution in [0.4, 0.5) is 0 Å². The molecule has 7 nitrogen and oxygen atoms in total. The summed E-state index contributed by atoms with van der Waals surface area (Å²) in [5.41, 5.74) is 10.5. The van der Waals surface area contributed by atoms with E-state index in [1.54, 1.807) is 11.9 Å². The second-order valence-corrected chi connectivity index (χ2v) is 5.96. The number of Topliss-reactive ketones (excluding diaryl/α,β-unsaturated/α-hetero) is 1. The molecule has 0 fully saturated rings. The third-order valence-corrected chi connectivity index (χ3v) is 3.15. The molecule has 0 saturated heterocycles. The normalized spacial score (nSPS) is 12.0. The van der Waals surface area contributed by atoms with Crippen LogP contribution in [0.15, 0.2) is 4.99 Å². The van der Waals surface area contributed by atoms with Gasteiger partial charge in [0, 0.05) is 13.1 Å². The Labute approximate surface area is 133 Å². The van der Waals surface area contributed by atoms with Crippen LogP contribution in [0.2, 0.25) is 0 Å². The van der Waals surface area contributed by atoms with Gasteiger partial charge in [-0.05, 0) is 39.2 Å². The molecule has 0 rings (SSSR count). The van der Waals surface area contributed by atoms with Crippen molar-refractivity contribution in [3.63, 3.8) is 0 Å². The molecule has 0 unspecified atom stereocenters. The van der Waals surface area contributed by atoms with Gasteiger partial charge in [-0.1, -0.05) is 13.8 Å². The zero-order chi connectivity index (χ0) is 17.1. The van der Waals surface area contributed by atoms with Gasteiger partial charge in [0.05, 0.1) is 12.6 Å². The molecule has 0 aromatic carbocycles. The smallest absolute Gasteiger partial charge is 0.240 e. The molecule has 0 aliphatic carbocycles. The van der Waals surface area contributed by atoms with Crippen molar-refractivity contribution in [3.05, 3.63) is 0 Å². The largest absolute Gasteiger partial charge is 0.370 e. The lowest BCUT2D eigenvalue weighted by Gasteiger charge is -2.28. The van der Waals surface area contributed by atoms with Gasteiger partial charge in [0.1, 0.15) is 5.78 Å². The molecule has 0 bridgehead atoms. The van der Waals surface area contributed by atoms with Crippen LogP contribution in [0.1, 0.15) is 40.0 Å². The predicted octanol–water partition coefficient (Wildman–Crippen LogP) is 0.0917. The number of ketones is 1. The van der Waals surface area contributed by atoms with Crippen LogP contribution in [0.3, 0.4) is 0 Å². The zero-order valence-corrected chi connectivity index (χ0v) is 14.3. The standard InChI is InChI=1S/C15H31N5O2/c1-11(2)9-20(10-12(3)21)14(22)13(18-4)7-5-6-8-19-15(16)17/h11,13,18H,5-10H2,1-4H3,(H4,16,17,19)/t13-/m0/s1. The highest BCUT2D eigenvalue weighted by Crippen LogP contribution is 2.08. The summed E-state index contributed by atoms with van der Waals surface area (Å²) >= 11 is 0.